The van der Waals surface area contributed by atoms with E-state index >= 15 is 0 Å². The molecule has 0 aliphatic carbocycles. The smallest absolute Gasteiger partial charge is 0.190 e. The van der Waals surface area contributed by atoms with Crippen molar-refractivity contribution >= 4 is 16.9 Å². The first-order valence-electron chi connectivity index (χ1n) is 10.8. The van der Waals surface area contributed by atoms with E-state index in [0.717, 1.165) is 38.5 Å². The molecule has 0 aromatic heterocycles. The Labute approximate surface area is 173 Å². The SMILES string of the molecule is CC/C=C\C/C=C\C/C=C\CCCCCCCC(=O)SC(C)(N)CC(C)C. The Bertz CT molecular complexity index is 449. The first-order valence-corrected chi connectivity index (χ1v) is 11.6. The normalized spacial score (nSPS) is 14.7. The number of rotatable bonds is 16. The zero-order valence-corrected chi connectivity index (χ0v) is 19.0. The Morgan fingerprint density at radius 3 is 2.11 bits per heavy atom. The van der Waals surface area contributed by atoms with E-state index in [9.17, 15) is 4.79 Å². The number of thioether (sulfide) groups is 1. The largest absolute Gasteiger partial charge is 0.317 e. The van der Waals surface area contributed by atoms with Gasteiger partial charge in [0.2, 0.25) is 0 Å². The van der Waals surface area contributed by atoms with Crippen molar-refractivity contribution in [3.8, 4) is 0 Å². The molecule has 0 saturated heterocycles. The van der Waals surface area contributed by atoms with E-state index < -0.39 is 4.87 Å². The lowest BCUT2D eigenvalue weighted by Crippen LogP contribution is -2.35. The van der Waals surface area contributed by atoms with Gasteiger partial charge in [0.25, 0.3) is 0 Å². The number of hydrogen-bond acceptors (Lipinski definition) is 3. The van der Waals surface area contributed by atoms with Gasteiger partial charge in [-0.1, -0.05) is 88.3 Å². The van der Waals surface area contributed by atoms with Gasteiger partial charge in [-0.15, -0.1) is 0 Å². The zero-order valence-electron chi connectivity index (χ0n) is 18.2. The van der Waals surface area contributed by atoms with Crippen molar-refractivity contribution in [3.05, 3.63) is 36.5 Å². The summed E-state index contributed by atoms with van der Waals surface area (Å²) in [6.45, 7) is 8.43. The number of nitrogens with two attached hydrogens (primary N) is 1. The highest BCUT2D eigenvalue weighted by Crippen LogP contribution is 2.28. The van der Waals surface area contributed by atoms with Crippen molar-refractivity contribution in [1.29, 1.82) is 0 Å². The van der Waals surface area contributed by atoms with Crippen molar-refractivity contribution in [3.63, 3.8) is 0 Å². The maximum atomic E-state index is 12.0. The molecule has 0 amide bonds. The molecular formula is C24H43NOS. The summed E-state index contributed by atoms with van der Waals surface area (Å²) in [5.41, 5.74) is 6.20. The lowest BCUT2D eigenvalue weighted by molar-refractivity contribution is -0.111. The molecule has 0 spiro atoms. The van der Waals surface area contributed by atoms with Crippen molar-refractivity contribution in [2.75, 3.05) is 0 Å². The molecule has 0 aromatic rings. The average Bonchev–Trinajstić information content (AvgIpc) is 2.56. The van der Waals surface area contributed by atoms with Gasteiger partial charge in [-0.3, -0.25) is 4.79 Å². The van der Waals surface area contributed by atoms with E-state index in [1.807, 2.05) is 6.92 Å². The monoisotopic (exact) mass is 393 g/mol. The van der Waals surface area contributed by atoms with Crippen molar-refractivity contribution in [2.24, 2.45) is 11.7 Å². The topological polar surface area (TPSA) is 43.1 Å². The second kappa shape index (κ2) is 17.3. The summed E-state index contributed by atoms with van der Waals surface area (Å²) < 4.78 is 0. The van der Waals surface area contributed by atoms with Gasteiger partial charge in [0.1, 0.15) is 0 Å². The molecule has 0 bridgehead atoms. The third-order valence-electron chi connectivity index (χ3n) is 4.19. The zero-order chi connectivity index (χ0) is 20.4. The number of carbonyl (C=O) groups excluding carboxylic acids is 1. The number of unbranched alkanes of at least 4 members (excludes halogenated alkanes) is 5. The molecule has 1 atom stereocenters. The quantitative estimate of drug-likeness (QED) is 0.167. The lowest BCUT2D eigenvalue weighted by atomic mass is 10.1. The Kier molecular flexibility index (Phi) is 16.8. The minimum atomic E-state index is -0.418. The van der Waals surface area contributed by atoms with Crippen LogP contribution in [-0.2, 0) is 4.79 Å². The Morgan fingerprint density at radius 1 is 0.926 bits per heavy atom. The number of hydrogen-bond donors (Lipinski definition) is 1. The van der Waals surface area contributed by atoms with Gasteiger partial charge in [-0.25, -0.2) is 0 Å². The van der Waals surface area contributed by atoms with Crippen LogP contribution in [0.1, 0.15) is 98.3 Å². The van der Waals surface area contributed by atoms with Gasteiger partial charge < -0.3 is 5.73 Å². The molecular weight excluding hydrogens is 350 g/mol. The van der Waals surface area contributed by atoms with Crippen LogP contribution in [0.4, 0.5) is 0 Å². The van der Waals surface area contributed by atoms with Gasteiger partial charge in [0.05, 0.1) is 4.87 Å². The molecule has 27 heavy (non-hydrogen) atoms. The summed E-state index contributed by atoms with van der Waals surface area (Å²) in [7, 11) is 0. The second-order valence-corrected chi connectivity index (χ2v) is 9.58. The molecule has 156 valence electrons. The summed E-state index contributed by atoms with van der Waals surface area (Å²) in [5.74, 6) is 0.522. The van der Waals surface area contributed by atoms with Crippen LogP contribution >= 0.6 is 11.8 Å². The molecule has 1 unspecified atom stereocenters. The number of allylic oxidation sites excluding steroid dienone is 6. The van der Waals surface area contributed by atoms with Gasteiger partial charge in [0.15, 0.2) is 5.12 Å². The molecule has 0 aromatic carbocycles. The first kappa shape index (κ1) is 26.2. The molecule has 0 aliphatic heterocycles. The Balaban J connectivity index is 3.53. The first-order chi connectivity index (χ1) is 12.9. The summed E-state index contributed by atoms with van der Waals surface area (Å²) in [5, 5.41) is 0.252. The van der Waals surface area contributed by atoms with Crippen molar-refractivity contribution < 1.29 is 4.79 Å². The molecule has 0 rings (SSSR count). The lowest BCUT2D eigenvalue weighted by Gasteiger charge is -2.24. The molecule has 0 fully saturated rings. The highest BCUT2D eigenvalue weighted by Gasteiger charge is 2.24. The van der Waals surface area contributed by atoms with Crippen LogP contribution in [0.25, 0.3) is 0 Å². The fourth-order valence-corrected chi connectivity index (χ4v) is 4.23. The fourth-order valence-electron chi connectivity index (χ4n) is 3.05. The van der Waals surface area contributed by atoms with E-state index in [4.69, 9.17) is 5.73 Å². The molecule has 0 saturated carbocycles. The van der Waals surface area contributed by atoms with E-state index in [1.165, 1.54) is 37.4 Å². The summed E-state index contributed by atoms with van der Waals surface area (Å²) in [4.78, 5) is 11.6. The van der Waals surface area contributed by atoms with Crippen LogP contribution < -0.4 is 5.73 Å². The van der Waals surface area contributed by atoms with Crippen LogP contribution in [0, 0.1) is 5.92 Å². The second-order valence-electron chi connectivity index (χ2n) is 7.99. The van der Waals surface area contributed by atoms with Gasteiger partial charge in [-0.2, -0.15) is 0 Å². The van der Waals surface area contributed by atoms with Crippen molar-refractivity contribution in [2.45, 2.75) is 103 Å². The van der Waals surface area contributed by atoms with Gasteiger partial charge in [-0.05, 0) is 57.8 Å². The third kappa shape index (κ3) is 19.8. The van der Waals surface area contributed by atoms with Gasteiger partial charge >= 0.3 is 0 Å². The minimum absolute atomic E-state index is 0.252. The highest BCUT2D eigenvalue weighted by atomic mass is 32.2. The minimum Gasteiger partial charge on any atom is -0.317 e. The van der Waals surface area contributed by atoms with E-state index in [0.29, 0.717) is 12.3 Å². The maximum absolute atomic E-state index is 12.0. The van der Waals surface area contributed by atoms with E-state index in [1.54, 1.807) is 0 Å². The Morgan fingerprint density at radius 2 is 1.48 bits per heavy atom. The van der Waals surface area contributed by atoms with Crippen molar-refractivity contribution in [1.82, 2.24) is 0 Å². The van der Waals surface area contributed by atoms with Crippen LogP contribution in [0.5, 0.6) is 0 Å². The van der Waals surface area contributed by atoms with Crippen LogP contribution in [0.2, 0.25) is 0 Å². The standard InChI is InChI=1S/C24H43NOS/c1-5-6-7-8-9-10-11-12-13-14-15-16-17-18-19-20-23(26)27-24(4,25)21-22(2)3/h6-7,9-10,12-13,22H,5,8,11,14-21,25H2,1-4H3/b7-6-,10-9-,13-12-. The maximum Gasteiger partial charge on any atom is 0.190 e. The molecule has 2 nitrogen and oxygen atoms in total. The molecule has 0 radical (unpaired) electrons. The van der Waals surface area contributed by atoms with Gasteiger partial charge in [0, 0.05) is 6.42 Å². The predicted molar refractivity (Wildman–Crippen MR) is 124 cm³/mol. The molecule has 0 aliphatic rings. The average molecular weight is 394 g/mol. The fraction of sp³-hybridized carbons (Fsp3) is 0.708. The van der Waals surface area contributed by atoms with E-state index in [-0.39, 0.29) is 5.12 Å². The van der Waals surface area contributed by atoms with Crippen LogP contribution in [0.3, 0.4) is 0 Å². The van der Waals surface area contributed by atoms with Crippen LogP contribution in [-0.4, -0.2) is 9.99 Å². The summed E-state index contributed by atoms with van der Waals surface area (Å²) in [6, 6.07) is 0. The number of carbonyl (C=O) groups is 1. The highest BCUT2D eigenvalue weighted by molar-refractivity contribution is 8.14. The molecule has 2 N–H and O–H groups in total. The summed E-state index contributed by atoms with van der Waals surface area (Å²) in [6.07, 6.45) is 25.2. The Hall–Kier alpha value is -0.800. The predicted octanol–water partition coefficient (Wildman–Crippen LogP) is 7.56. The summed E-state index contributed by atoms with van der Waals surface area (Å²) >= 11 is 1.34. The third-order valence-corrected chi connectivity index (χ3v) is 5.26. The van der Waals surface area contributed by atoms with E-state index in [2.05, 4.69) is 57.2 Å². The van der Waals surface area contributed by atoms with Crippen LogP contribution in [0.15, 0.2) is 36.5 Å². The molecule has 3 heteroatoms. The molecule has 0 heterocycles.